The van der Waals surface area contributed by atoms with Crippen LogP contribution in [0.3, 0.4) is 0 Å². The van der Waals surface area contributed by atoms with Gasteiger partial charge in [0.1, 0.15) is 0 Å². The standard InChI is InChI=1S/C24H25ClN6O/c25-19-5-6-20-18(14-19)4-3-17-2-1-9-27-23(17)22(20)16-7-10-30(11-8-16)12-13-31-15-21(24(26)32)28-29-31/h1-2,5-6,9,14-15H,3-4,7-8,10-13H2,(H2,26,32). The van der Waals surface area contributed by atoms with Gasteiger partial charge < -0.3 is 10.6 Å². The number of carbonyl (C=O) groups excluding carboxylic acids is 1. The van der Waals surface area contributed by atoms with E-state index in [2.05, 4.69) is 33.4 Å². The van der Waals surface area contributed by atoms with Crippen LogP contribution in [0.15, 0.2) is 48.3 Å². The molecule has 0 saturated carbocycles. The van der Waals surface area contributed by atoms with Crippen LogP contribution in [0.4, 0.5) is 0 Å². The van der Waals surface area contributed by atoms with Gasteiger partial charge in [0.05, 0.1) is 18.4 Å². The second-order valence-corrected chi connectivity index (χ2v) is 8.80. The summed E-state index contributed by atoms with van der Waals surface area (Å²) in [7, 11) is 0. The number of likely N-dealkylation sites (tertiary alicyclic amines) is 1. The van der Waals surface area contributed by atoms with Crippen molar-refractivity contribution in [1.82, 2.24) is 24.9 Å². The molecule has 2 aliphatic rings. The molecule has 1 aromatic carbocycles. The second-order valence-electron chi connectivity index (χ2n) is 8.36. The first-order chi connectivity index (χ1) is 15.6. The van der Waals surface area contributed by atoms with E-state index in [4.69, 9.17) is 22.3 Å². The number of aromatic nitrogens is 4. The average Bonchev–Trinajstić information content (AvgIpc) is 3.22. The maximum atomic E-state index is 11.2. The summed E-state index contributed by atoms with van der Waals surface area (Å²) < 4.78 is 1.68. The number of hydrogen-bond donors (Lipinski definition) is 1. The maximum absolute atomic E-state index is 11.2. The number of benzene rings is 1. The van der Waals surface area contributed by atoms with E-state index in [-0.39, 0.29) is 5.69 Å². The number of fused-ring (bicyclic) bond motifs is 2. The molecule has 3 heterocycles. The molecule has 2 N–H and O–H groups in total. The first-order valence-electron chi connectivity index (χ1n) is 11.0. The van der Waals surface area contributed by atoms with Gasteiger partial charge in [-0.05, 0) is 60.6 Å². The summed E-state index contributed by atoms with van der Waals surface area (Å²) in [6, 6.07) is 10.5. The Morgan fingerprint density at radius 3 is 2.66 bits per heavy atom. The third-order valence-electron chi connectivity index (χ3n) is 6.38. The molecule has 0 radical (unpaired) electrons. The van der Waals surface area contributed by atoms with E-state index in [0.717, 1.165) is 56.0 Å². The zero-order chi connectivity index (χ0) is 22.1. The minimum absolute atomic E-state index is 0.203. The molecule has 7 nitrogen and oxygen atoms in total. The van der Waals surface area contributed by atoms with Crippen molar-refractivity contribution in [3.05, 3.63) is 81.4 Å². The second kappa shape index (κ2) is 8.84. The third kappa shape index (κ3) is 4.18. The van der Waals surface area contributed by atoms with Gasteiger partial charge in [0, 0.05) is 36.4 Å². The highest BCUT2D eigenvalue weighted by molar-refractivity contribution is 6.30. The van der Waals surface area contributed by atoms with Crippen LogP contribution >= 0.6 is 11.6 Å². The lowest BCUT2D eigenvalue weighted by molar-refractivity contribution is 0.0995. The molecule has 1 amide bonds. The van der Waals surface area contributed by atoms with Crippen molar-refractivity contribution in [3.63, 3.8) is 0 Å². The molecule has 1 fully saturated rings. The van der Waals surface area contributed by atoms with Crippen molar-refractivity contribution >= 4 is 23.1 Å². The van der Waals surface area contributed by atoms with E-state index in [1.165, 1.54) is 27.8 Å². The molecule has 2 aromatic heterocycles. The number of hydrogen-bond acceptors (Lipinski definition) is 5. The fourth-order valence-electron chi connectivity index (χ4n) is 4.69. The van der Waals surface area contributed by atoms with Crippen LogP contribution < -0.4 is 5.73 Å². The smallest absolute Gasteiger partial charge is 0.270 e. The van der Waals surface area contributed by atoms with Crippen LogP contribution in [0.1, 0.15) is 45.7 Å². The molecule has 0 bridgehead atoms. The van der Waals surface area contributed by atoms with Crippen LogP contribution in [-0.2, 0) is 19.4 Å². The summed E-state index contributed by atoms with van der Waals surface area (Å²) >= 11 is 6.32. The number of amides is 1. The quantitative estimate of drug-likeness (QED) is 0.662. The number of carbonyl (C=O) groups is 1. The molecule has 0 unspecified atom stereocenters. The minimum Gasteiger partial charge on any atom is -0.364 e. The normalized spacial score (nSPS) is 16.4. The molecule has 32 heavy (non-hydrogen) atoms. The Hall–Kier alpha value is -3.03. The predicted octanol–water partition coefficient (Wildman–Crippen LogP) is 3.12. The van der Waals surface area contributed by atoms with Crippen molar-refractivity contribution in [2.45, 2.75) is 32.2 Å². The Bertz CT molecular complexity index is 1190. The van der Waals surface area contributed by atoms with Gasteiger partial charge in [-0.2, -0.15) is 0 Å². The highest BCUT2D eigenvalue weighted by Crippen LogP contribution is 2.38. The van der Waals surface area contributed by atoms with E-state index in [1.54, 1.807) is 10.9 Å². The summed E-state index contributed by atoms with van der Waals surface area (Å²) in [5, 5.41) is 8.58. The highest BCUT2D eigenvalue weighted by atomic mass is 35.5. The Morgan fingerprint density at radius 2 is 1.88 bits per heavy atom. The Balaban J connectivity index is 1.37. The number of halogens is 1. The van der Waals surface area contributed by atoms with E-state index in [1.807, 2.05) is 18.3 Å². The minimum atomic E-state index is -0.552. The lowest BCUT2D eigenvalue weighted by Gasteiger charge is -2.30. The number of aryl methyl sites for hydroxylation is 2. The molecule has 0 spiro atoms. The molecular formula is C24H25ClN6O. The van der Waals surface area contributed by atoms with Crippen LogP contribution in [0.5, 0.6) is 0 Å². The first-order valence-corrected chi connectivity index (χ1v) is 11.3. The number of primary amides is 1. The summed E-state index contributed by atoms with van der Waals surface area (Å²) in [6.07, 6.45) is 7.45. The zero-order valence-electron chi connectivity index (χ0n) is 17.8. The Kier molecular flexibility index (Phi) is 5.76. The van der Waals surface area contributed by atoms with Crippen molar-refractivity contribution in [2.75, 3.05) is 19.6 Å². The van der Waals surface area contributed by atoms with Crippen LogP contribution in [-0.4, -0.2) is 50.4 Å². The number of nitrogens with zero attached hydrogens (tertiary/aromatic N) is 5. The number of piperidine rings is 1. The Labute approximate surface area is 191 Å². The Morgan fingerprint density at radius 1 is 1.06 bits per heavy atom. The predicted molar refractivity (Wildman–Crippen MR) is 123 cm³/mol. The summed E-state index contributed by atoms with van der Waals surface area (Å²) in [5.41, 5.74) is 13.2. The largest absolute Gasteiger partial charge is 0.364 e. The van der Waals surface area contributed by atoms with Crippen LogP contribution in [0, 0.1) is 0 Å². The molecule has 1 aliphatic carbocycles. The van der Waals surface area contributed by atoms with Gasteiger partial charge >= 0.3 is 0 Å². The fraction of sp³-hybridized carbons (Fsp3) is 0.333. The highest BCUT2D eigenvalue weighted by Gasteiger charge is 2.25. The lowest BCUT2D eigenvalue weighted by Crippen LogP contribution is -2.34. The van der Waals surface area contributed by atoms with Gasteiger partial charge in [0.2, 0.25) is 0 Å². The van der Waals surface area contributed by atoms with Gasteiger partial charge in [0.25, 0.3) is 5.91 Å². The number of rotatable bonds is 4. The van der Waals surface area contributed by atoms with Gasteiger partial charge in [0.15, 0.2) is 5.69 Å². The van der Waals surface area contributed by atoms with Crippen molar-refractivity contribution in [2.24, 2.45) is 5.73 Å². The summed E-state index contributed by atoms with van der Waals surface area (Å²) in [6.45, 7) is 3.48. The van der Waals surface area contributed by atoms with Gasteiger partial charge in [-0.15, -0.1) is 5.10 Å². The first kappa shape index (κ1) is 20.8. The average molecular weight is 449 g/mol. The third-order valence-corrected chi connectivity index (χ3v) is 6.61. The van der Waals surface area contributed by atoms with Gasteiger partial charge in [-0.1, -0.05) is 34.5 Å². The molecule has 5 rings (SSSR count). The van der Waals surface area contributed by atoms with Gasteiger partial charge in [-0.3, -0.25) is 14.5 Å². The summed E-state index contributed by atoms with van der Waals surface area (Å²) in [4.78, 5) is 18.4. The van der Waals surface area contributed by atoms with E-state index in [0.29, 0.717) is 6.54 Å². The van der Waals surface area contributed by atoms with Crippen molar-refractivity contribution in [3.8, 4) is 0 Å². The monoisotopic (exact) mass is 448 g/mol. The number of nitrogens with two attached hydrogens (primary N) is 1. The van der Waals surface area contributed by atoms with Crippen molar-refractivity contribution < 1.29 is 4.79 Å². The zero-order valence-corrected chi connectivity index (χ0v) is 18.6. The molecular weight excluding hydrogens is 424 g/mol. The maximum Gasteiger partial charge on any atom is 0.270 e. The molecule has 1 saturated heterocycles. The topological polar surface area (TPSA) is 89.9 Å². The van der Waals surface area contributed by atoms with Crippen LogP contribution in [0.25, 0.3) is 5.57 Å². The van der Waals surface area contributed by atoms with Crippen molar-refractivity contribution in [1.29, 1.82) is 0 Å². The van der Waals surface area contributed by atoms with E-state index >= 15 is 0 Å². The molecule has 1 aliphatic heterocycles. The molecule has 0 atom stereocenters. The summed E-state index contributed by atoms with van der Waals surface area (Å²) in [5.74, 6) is -0.552. The fourth-order valence-corrected chi connectivity index (χ4v) is 4.89. The number of pyridine rings is 1. The molecule has 8 heteroatoms. The molecule has 164 valence electrons. The molecule has 3 aromatic rings. The van der Waals surface area contributed by atoms with Gasteiger partial charge in [-0.25, -0.2) is 0 Å². The van der Waals surface area contributed by atoms with E-state index < -0.39 is 5.91 Å². The van der Waals surface area contributed by atoms with Crippen LogP contribution in [0.2, 0.25) is 5.02 Å². The van der Waals surface area contributed by atoms with E-state index in [9.17, 15) is 4.79 Å². The lowest BCUT2D eigenvalue weighted by atomic mass is 9.88. The SMILES string of the molecule is NC(=O)c1cn(CCN2CCC(=C3c4ccc(Cl)cc4CCc4cccnc43)CC2)nn1.